The van der Waals surface area contributed by atoms with E-state index in [-0.39, 0.29) is 18.2 Å². The van der Waals surface area contributed by atoms with Crippen LogP contribution in [0.25, 0.3) is 0 Å². The summed E-state index contributed by atoms with van der Waals surface area (Å²) >= 11 is 0. The summed E-state index contributed by atoms with van der Waals surface area (Å²) in [5.41, 5.74) is 5.66. The van der Waals surface area contributed by atoms with Crippen LogP contribution in [0.4, 0.5) is 23.2 Å². The predicted octanol–water partition coefficient (Wildman–Crippen LogP) is 6.32. The van der Waals surface area contributed by atoms with Crippen molar-refractivity contribution < 1.29 is 27.1 Å². The Bertz CT molecular complexity index is 980. The topological polar surface area (TPSA) is 89.6 Å². The number of nitrogens with two attached hydrogens (primary N) is 1. The molecule has 2 aromatic rings. The van der Waals surface area contributed by atoms with Gasteiger partial charge in [0.1, 0.15) is 22.9 Å². The molecule has 36 heavy (non-hydrogen) atoms. The van der Waals surface area contributed by atoms with Gasteiger partial charge in [0.25, 0.3) is 5.91 Å². The first-order chi connectivity index (χ1) is 17.0. The van der Waals surface area contributed by atoms with Crippen LogP contribution in [0.3, 0.4) is 0 Å². The van der Waals surface area contributed by atoms with Crippen molar-refractivity contribution in [3.63, 3.8) is 0 Å². The largest absolute Gasteiger partial charge is 0.388 e. The highest BCUT2D eigenvalue weighted by Crippen LogP contribution is 2.43. The molecule has 0 saturated carbocycles. The molecule has 1 aromatic carbocycles. The molecule has 6 nitrogen and oxygen atoms in total. The molecule has 1 amide bonds. The van der Waals surface area contributed by atoms with Crippen LogP contribution < -0.4 is 11.1 Å². The first-order valence-electron chi connectivity index (χ1n) is 11.9. The van der Waals surface area contributed by atoms with E-state index in [2.05, 4.69) is 29.1 Å². The summed E-state index contributed by atoms with van der Waals surface area (Å²) in [7, 11) is 0. The molecule has 3 rings (SSSR count). The summed E-state index contributed by atoms with van der Waals surface area (Å²) in [4.78, 5) is 20.8. The Morgan fingerprint density at radius 3 is 2.42 bits per heavy atom. The van der Waals surface area contributed by atoms with Gasteiger partial charge in [0.2, 0.25) is 6.43 Å². The van der Waals surface area contributed by atoms with Gasteiger partial charge in [-0.15, -0.1) is 0 Å². The first-order valence-corrected chi connectivity index (χ1v) is 11.9. The van der Waals surface area contributed by atoms with Gasteiger partial charge in [0.05, 0.1) is 18.6 Å². The number of nitrogens with zero attached hydrogens (tertiary/aromatic N) is 2. The summed E-state index contributed by atoms with van der Waals surface area (Å²) in [5, 5.41) is 2.68. The highest BCUT2D eigenvalue weighted by Gasteiger charge is 2.44. The van der Waals surface area contributed by atoms with Crippen LogP contribution in [0.15, 0.2) is 41.5 Å². The lowest BCUT2D eigenvalue weighted by molar-refractivity contribution is -0.00540. The van der Waals surface area contributed by atoms with Gasteiger partial charge < -0.3 is 15.8 Å². The molecular formula is C26H36F4N4O2. The molecule has 0 bridgehead atoms. The third-order valence-electron chi connectivity index (χ3n) is 5.13. The maximum absolute atomic E-state index is 14.9. The molecule has 2 atom stereocenters. The number of carbonyl (C=O) groups excluding carboxylic acids is 1. The van der Waals surface area contributed by atoms with Gasteiger partial charge in [-0.05, 0) is 56.5 Å². The van der Waals surface area contributed by atoms with E-state index in [0.29, 0.717) is 23.7 Å². The van der Waals surface area contributed by atoms with Crippen LogP contribution in [0.2, 0.25) is 0 Å². The number of hydrogen-bond acceptors (Lipinski definition) is 4. The zero-order valence-corrected chi connectivity index (χ0v) is 21.5. The molecule has 200 valence electrons. The zero-order valence-electron chi connectivity index (χ0n) is 21.5. The molecule has 3 N–H and O–H groups in total. The van der Waals surface area contributed by atoms with E-state index in [1.807, 2.05) is 6.92 Å². The minimum Gasteiger partial charge on any atom is -0.388 e. The van der Waals surface area contributed by atoms with Crippen molar-refractivity contribution in [1.82, 2.24) is 4.98 Å². The lowest BCUT2D eigenvalue weighted by atomic mass is 9.74. The molecule has 0 aliphatic carbocycles. The minimum absolute atomic E-state index is 0.0361. The van der Waals surface area contributed by atoms with E-state index < -0.39 is 29.5 Å². The van der Waals surface area contributed by atoms with Gasteiger partial charge in [0, 0.05) is 17.9 Å². The molecule has 2 unspecified atom stereocenters. The Hall–Kier alpha value is -3.01. The summed E-state index contributed by atoms with van der Waals surface area (Å²) in [6.07, 6.45) is 1.54. The summed E-state index contributed by atoms with van der Waals surface area (Å²) < 4.78 is 54.3. The Morgan fingerprint density at radius 1 is 1.25 bits per heavy atom. The molecule has 1 aliphatic rings. The Morgan fingerprint density at radius 2 is 1.89 bits per heavy atom. The van der Waals surface area contributed by atoms with Crippen LogP contribution in [-0.2, 0) is 10.3 Å². The first kappa shape index (κ1) is 31.0. The monoisotopic (exact) mass is 512 g/mol. The normalized spacial score (nSPS) is 19.5. The lowest BCUT2D eigenvalue weighted by Crippen LogP contribution is -2.44. The fourth-order valence-corrected chi connectivity index (χ4v) is 3.79. The Kier molecular flexibility index (Phi) is 13.1. The third kappa shape index (κ3) is 9.22. The number of benzene rings is 1. The van der Waals surface area contributed by atoms with Gasteiger partial charge in [-0.2, -0.15) is 0 Å². The molecule has 0 radical (unpaired) electrons. The second-order valence-corrected chi connectivity index (χ2v) is 8.36. The number of rotatable bonds is 5. The van der Waals surface area contributed by atoms with Gasteiger partial charge in [-0.25, -0.2) is 22.5 Å². The van der Waals surface area contributed by atoms with Crippen molar-refractivity contribution in [3.05, 3.63) is 59.4 Å². The van der Waals surface area contributed by atoms with Crippen LogP contribution in [0.1, 0.15) is 69.9 Å². The summed E-state index contributed by atoms with van der Waals surface area (Å²) in [6.45, 7) is 9.55. The number of amidine groups is 1. The van der Waals surface area contributed by atoms with E-state index in [1.165, 1.54) is 24.6 Å². The molecule has 1 aliphatic heterocycles. The van der Waals surface area contributed by atoms with Gasteiger partial charge in [-0.1, -0.05) is 33.6 Å². The zero-order chi connectivity index (χ0) is 27.3. The van der Waals surface area contributed by atoms with Gasteiger partial charge >= 0.3 is 0 Å². The van der Waals surface area contributed by atoms with Crippen molar-refractivity contribution in [1.29, 1.82) is 0 Å². The quantitative estimate of drug-likeness (QED) is 0.279. The fraction of sp³-hybridized carbons (Fsp3) is 0.500. The molecule has 2 heterocycles. The highest BCUT2D eigenvalue weighted by molar-refractivity contribution is 6.02. The van der Waals surface area contributed by atoms with Crippen molar-refractivity contribution in [2.45, 2.75) is 65.8 Å². The number of aromatic nitrogens is 1. The number of ether oxygens (including phenoxy) is 1. The Balaban J connectivity index is 0.000000825. The molecule has 0 spiro atoms. The van der Waals surface area contributed by atoms with Crippen molar-refractivity contribution in [2.75, 3.05) is 18.5 Å². The number of carbonyl (C=O) groups is 1. The number of nitrogens with one attached hydrogen (secondary N) is 1. The van der Waals surface area contributed by atoms with Crippen molar-refractivity contribution >= 4 is 17.4 Å². The number of halogens is 4. The number of hydrogen-bond donors (Lipinski definition) is 2. The molecular weight excluding hydrogens is 476 g/mol. The number of aliphatic imine (C=N–C) groups is 1. The molecule has 10 heteroatoms. The standard InChI is InChI=1S/C21H24F2N4O2.C3H8.C2H4F2/c1-3-14-8-9-29-12-21(14,27-13(2)24)17-10-16(5-6-18(17)23)26-20(28)19-7-4-15(22)11-25-19;1-3-2;1-2(3)4/h4-7,10-11,14H,3,8-9,12H2,1-2H3,(H2,24,27)(H,26,28);3H2,1-2H3;2H,1H3. The maximum atomic E-state index is 14.9. The lowest BCUT2D eigenvalue weighted by Gasteiger charge is -2.41. The van der Waals surface area contributed by atoms with Crippen molar-refractivity contribution in [3.8, 4) is 0 Å². The smallest absolute Gasteiger partial charge is 0.274 e. The van der Waals surface area contributed by atoms with Crippen LogP contribution in [0.5, 0.6) is 0 Å². The minimum atomic E-state index is -2.17. The second-order valence-electron chi connectivity index (χ2n) is 8.36. The van der Waals surface area contributed by atoms with Crippen LogP contribution >= 0.6 is 0 Å². The van der Waals surface area contributed by atoms with Crippen LogP contribution in [-0.4, -0.2) is 36.4 Å². The van der Waals surface area contributed by atoms with E-state index in [0.717, 1.165) is 32.0 Å². The van der Waals surface area contributed by atoms with E-state index in [1.54, 1.807) is 13.0 Å². The van der Waals surface area contributed by atoms with Crippen molar-refractivity contribution in [2.24, 2.45) is 16.6 Å². The van der Waals surface area contributed by atoms with Gasteiger partial charge in [-0.3, -0.25) is 9.79 Å². The average Bonchev–Trinajstić information content (AvgIpc) is 2.80. The summed E-state index contributed by atoms with van der Waals surface area (Å²) in [5.74, 6) is -1.14. The molecule has 1 fully saturated rings. The number of amides is 1. The molecule has 1 saturated heterocycles. The van der Waals surface area contributed by atoms with E-state index in [4.69, 9.17) is 10.5 Å². The van der Waals surface area contributed by atoms with Crippen LogP contribution in [0, 0.1) is 17.6 Å². The highest BCUT2D eigenvalue weighted by atomic mass is 19.3. The average molecular weight is 513 g/mol. The predicted molar refractivity (Wildman–Crippen MR) is 134 cm³/mol. The number of pyridine rings is 1. The Labute approximate surface area is 210 Å². The number of anilines is 1. The summed E-state index contributed by atoms with van der Waals surface area (Å²) in [6, 6.07) is 6.73. The third-order valence-corrected chi connectivity index (χ3v) is 5.13. The van der Waals surface area contributed by atoms with Gasteiger partial charge in [0.15, 0.2) is 0 Å². The maximum Gasteiger partial charge on any atom is 0.274 e. The van der Waals surface area contributed by atoms with E-state index >= 15 is 0 Å². The number of alkyl halides is 2. The fourth-order valence-electron chi connectivity index (χ4n) is 3.79. The van der Waals surface area contributed by atoms with E-state index in [9.17, 15) is 22.4 Å². The second kappa shape index (κ2) is 15.2. The SMILES string of the molecule is CC(F)F.CCC.CCC1CCOCC1(N=C(C)N)c1cc(NC(=O)c2ccc(F)cn2)ccc1F. The molecule has 1 aromatic heterocycles.